The van der Waals surface area contributed by atoms with Crippen LogP contribution in [0.1, 0.15) is 15.2 Å². The Labute approximate surface area is 151 Å². The summed E-state index contributed by atoms with van der Waals surface area (Å²) in [6.07, 6.45) is 0. The lowest BCUT2D eigenvalue weighted by molar-refractivity contribution is 0.0728. The molecule has 1 amide bonds. The van der Waals surface area contributed by atoms with E-state index in [1.807, 2.05) is 30.3 Å². The van der Waals surface area contributed by atoms with Gasteiger partial charge in [0.05, 0.1) is 13.2 Å². The van der Waals surface area contributed by atoms with Gasteiger partial charge in [0.2, 0.25) is 10.0 Å². The smallest absolute Gasteiger partial charge is 0.265 e. The molecule has 0 saturated carbocycles. The Hall–Kier alpha value is -1.74. The highest BCUT2D eigenvalue weighted by Gasteiger charge is 2.32. The number of benzene rings is 1. The van der Waals surface area contributed by atoms with Crippen molar-refractivity contribution in [1.29, 1.82) is 0 Å². The number of carbonyl (C=O) groups excluding carboxylic acids is 1. The first kappa shape index (κ1) is 18.1. The fraction of sp³-hybridized carbons (Fsp3) is 0.353. The van der Waals surface area contributed by atoms with Crippen LogP contribution in [0.4, 0.5) is 0 Å². The third-order valence-electron chi connectivity index (χ3n) is 4.02. The highest BCUT2D eigenvalue weighted by Crippen LogP contribution is 2.27. The van der Waals surface area contributed by atoms with E-state index in [2.05, 4.69) is 0 Å². The molecule has 1 aromatic carbocycles. The second-order valence-electron chi connectivity index (χ2n) is 5.78. The van der Waals surface area contributed by atoms with Crippen LogP contribution in [0.2, 0.25) is 0 Å². The molecule has 0 atom stereocenters. The van der Waals surface area contributed by atoms with Crippen molar-refractivity contribution in [2.75, 3.05) is 33.4 Å². The predicted octanol–water partition coefficient (Wildman–Crippen LogP) is 2.04. The van der Waals surface area contributed by atoms with Crippen LogP contribution in [0.5, 0.6) is 0 Å². The lowest BCUT2D eigenvalue weighted by Gasteiger charge is -2.26. The van der Waals surface area contributed by atoms with Crippen LogP contribution in [-0.4, -0.2) is 56.9 Å². The van der Waals surface area contributed by atoms with Crippen LogP contribution in [0.15, 0.2) is 46.7 Å². The molecule has 0 spiro atoms. The molecule has 1 fully saturated rings. The quantitative estimate of drug-likeness (QED) is 0.796. The van der Waals surface area contributed by atoms with Gasteiger partial charge in [0.15, 0.2) is 0 Å². The standard InChI is InChI=1S/C17H20N2O4S2/c1-18(13-14-5-3-2-4-6-14)17(20)16-15(7-12-24-16)25(21,22)19-8-10-23-11-9-19/h2-7,12H,8-11,13H2,1H3. The number of hydrogen-bond acceptors (Lipinski definition) is 5. The van der Waals surface area contributed by atoms with Crippen molar-refractivity contribution >= 4 is 27.3 Å². The fourth-order valence-corrected chi connectivity index (χ4v) is 5.48. The third kappa shape index (κ3) is 3.92. The maximum absolute atomic E-state index is 12.9. The molecule has 2 aromatic rings. The van der Waals surface area contributed by atoms with E-state index < -0.39 is 10.0 Å². The number of thiophene rings is 1. The zero-order chi connectivity index (χ0) is 17.9. The molecule has 25 heavy (non-hydrogen) atoms. The van der Waals surface area contributed by atoms with E-state index in [9.17, 15) is 13.2 Å². The SMILES string of the molecule is CN(Cc1ccccc1)C(=O)c1sccc1S(=O)(=O)N1CCOCC1. The topological polar surface area (TPSA) is 66.9 Å². The van der Waals surface area contributed by atoms with E-state index >= 15 is 0 Å². The summed E-state index contributed by atoms with van der Waals surface area (Å²) >= 11 is 1.16. The predicted molar refractivity (Wildman–Crippen MR) is 96.1 cm³/mol. The zero-order valence-corrected chi connectivity index (χ0v) is 15.6. The summed E-state index contributed by atoms with van der Waals surface area (Å²) in [6, 6.07) is 11.1. The zero-order valence-electron chi connectivity index (χ0n) is 13.9. The minimum absolute atomic E-state index is 0.0873. The number of amides is 1. The van der Waals surface area contributed by atoms with Crippen molar-refractivity contribution in [3.05, 3.63) is 52.2 Å². The summed E-state index contributed by atoms with van der Waals surface area (Å²) in [5.74, 6) is -0.286. The Bertz CT molecular complexity index is 827. The maximum Gasteiger partial charge on any atom is 0.265 e. The highest BCUT2D eigenvalue weighted by molar-refractivity contribution is 7.89. The summed E-state index contributed by atoms with van der Waals surface area (Å²) in [5, 5.41) is 1.65. The summed E-state index contributed by atoms with van der Waals surface area (Å²) in [4.78, 5) is 14.7. The molecule has 6 nitrogen and oxygen atoms in total. The summed E-state index contributed by atoms with van der Waals surface area (Å²) in [7, 11) is -2.00. The average Bonchev–Trinajstić information content (AvgIpc) is 3.13. The first-order valence-corrected chi connectivity index (χ1v) is 10.3. The minimum Gasteiger partial charge on any atom is -0.379 e. The van der Waals surface area contributed by atoms with Gasteiger partial charge >= 0.3 is 0 Å². The van der Waals surface area contributed by atoms with Crippen molar-refractivity contribution in [3.8, 4) is 0 Å². The molecule has 134 valence electrons. The monoisotopic (exact) mass is 380 g/mol. The van der Waals surface area contributed by atoms with Gasteiger partial charge in [-0.15, -0.1) is 11.3 Å². The fourth-order valence-electron chi connectivity index (χ4n) is 2.69. The van der Waals surface area contributed by atoms with Crippen molar-refractivity contribution < 1.29 is 17.9 Å². The molecule has 1 saturated heterocycles. The van der Waals surface area contributed by atoms with E-state index in [0.717, 1.165) is 16.9 Å². The van der Waals surface area contributed by atoms with Gasteiger partial charge in [-0.05, 0) is 17.0 Å². The Kier molecular flexibility index (Phi) is 5.53. The van der Waals surface area contributed by atoms with E-state index in [4.69, 9.17) is 4.74 Å². The average molecular weight is 380 g/mol. The lowest BCUT2D eigenvalue weighted by Crippen LogP contribution is -2.41. The number of sulfonamides is 1. The first-order valence-electron chi connectivity index (χ1n) is 7.95. The number of ether oxygens (including phenoxy) is 1. The van der Waals surface area contributed by atoms with Gasteiger partial charge in [0.1, 0.15) is 9.77 Å². The van der Waals surface area contributed by atoms with Crippen LogP contribution in [0.25, 0.3) is 0 Å². The maximum atomic E-state index is 12.9. The van der Waals surface area contributed by atoms with Crippen LogP contribution in [0, 0.1) is 0 Å². The Morgan fingerprint density at radius 3 is 2.56 bits per heavy atom. The van der Waals surface area contributed by atoms with Gasteiger partial charge in [0.25, 0.3) is 5.91 Å². The summed E-state index contributed by atoms with van der Waals surface area (Å²) in [6.45, 7) is 1.80. The van der Waals surface area contributed by atoms with Crippen molar-refractivity contribution in [3.63, 3.8) is 0 Å². The second-order valence-corrected chi connectivity index (χ2v) is 8.60. The Morgan fingerprint density at radius 1 is 1.20 bits per heavy atom. The number of hydrogen-bond donors (Lipinski definition) is 0. The molecule has 1 aromatic heterocycles. The second kappa shape index (κ2) is 7.65. The minimum atomic E-state index is -3.68. The van der Waals surface area contributed by atoms with Crippen LogP contribution >= 0.6 is 11.3 Å². The van der Waals surface area contributed by atoms with Gasteiger partial charge in [-0.1, -0.05) is 30.3 Å². The molecule has 0 radical (unpaired) electrons. The number of carbonyl (C=O) groups is 1. The number of nitrogens with zero attached hydrogens (tertiary/aromatic N) is 2. The molecule has 8 heteroatoms. The molecule has 0 N–H and O–H groups in total. The largest absolute Gasteiger partial charge is 0.379 e. The molecule has 0 unspecified atom stereocenters. The normalized spacial score (nSPS) is 15.9. The molecule has 1 aliphatic heterocycles. The molecule has 1 aliphatic rings. The molecule has 3 rings (SSSR count). The first-order chi connectivity index (χ1) is 12.0. The molecular weight excluding hydrogens is 360 g/mol. The van der Waals surface area contributed by atoms with Gasteiger partial charge in [-0.25, -0.2) is 8.42 Å². The Morgan fingerprint density at radius 2 is 1.88 bits per heavy atom. The summed E-state index contributed by atoms with van der Waals surface area (Å²) < 4.78 is 32.3. The number of rotatable bonds is 5. The molecule has 0 bridgehead atoms. The van der Waals surface area contributed by atoms with Gasteiger partial charge in [-0.3, -0.25) is 4.79 Å². The van der Waals surface area contributed by atoms with Crippen LogP contribution in [0.3, 0.4) is 0 Å². The number of morpholine rings is 1. The summed E-state index contributed by atoms with van der Waals surface area (Å²) in [5.41, 5.74) is 0.993. The van der Waals surface area contributed by atoms with Crippen molar-refractivity contribution in [2.24, 2.45) is 0 Å². The van der Waals surface area contributed by atoms with Gasteiger partial charge in [-0.2, -0.15) is 4.31 Å². The third-order valence-corrected chi connectivity index (χ3v) is 6.99. The van der Waals surface area contributed by atoms with E-state index in [-0.39, 0.29) is 15.7 Å². The van der Waals surface area contributed by atoms with E-state index in [1.54, 1.807) is 17.3 Å². The lowest BCUT2D eigenvalue weighted by atomic mass is 10.2. The van der Waals surface area contributed by atoms with Crippen LogP contribution < -0.4 is 0 Å². The highest BCUT2D eigenvalue weighted by atomic mass is 32.2. The molecular formula is C17H20N2O4S2. The van der Waals surface area contributed by atoms with Gasteiger partial charge < -0.3 is 9.64 Å². The van der Waals surface area contributed by atoms with Crippen molar-refractivity contribution in [2.45, 2.75) is 11.4 Å². The van der Waals surface area contributed by atoms with E-state index in [0.29, 0.717) is 32.8 Å². The van der Waals surface area contributed by atoms with Gasteiger partial charge in [0, 0.05) is 26.7 Å². The molecule has 2 heterocycles. The van der Waals surface area contributed by atoms with Crippen molar-refractivity contribution in [1.82, 2.24) is 9.21 Å². The van der Waals surface area contributed by atoms with E-state index in [1.165, 1.54) is 10.4 Å². The Balaban J connectivity index is 1.81. The molecule has 0 aliphatic carbocycles. The van der Waals surface area contributed by atoms with Crippen LogP contribution in [-0.2, 0) is 21.3 Å².